The molecular formula is C18H25NO3. The Bertz CT molecular complexity index is 528. The van der Waals surface area contributed by atoms with Gasteiger partial charge in [-0.2, -0.15) is 0 Å². The number of rotatable bonds is 3. The predicted molar refractivity (Wildman–Crippen MR) is 84.6 cm³/mol. The van der Waals surface area contributed by atoms with Crippen LogP contribution in [-0.2, 0) is 11.3 Å². The smallest absolute Gasteiger partial charge is 0.337 e. The third kappa shape index (κ3) is 3.03. The number of aliphatic hydroxyl groups is 1. The van der Waals surface area contributed by atoms with E-state index < -0.39 is 0 Å². The summed E-state index contributed by atoms with van der Waals surface area (Å²) in [6, 6.07) is 7.65. The van der Waals surface area contributed by atoms with Gasteiger partial charge in [0.05, 0.1) is 18.8 Å². The Hall–Kier alpha value is -1.39. The molecule has 3 rings (SSSR count). The van der Waals surface area contributed by atoms with Crippen LogP contribution in [0.4, 0.5) is 0 Å². The number of carbonyl (C=O) groups is 1. The van der Waals surface area contributed by atoms with Gasteiger partial charge in [-0.3, -0.25) is 4.90 Å². The largest absolute Gasteiger partial charge is 0.465 e. The molecule has 2 fully saturated rings. The van der Waals surface area contributed by atoms with Gasteiger partial charge in [0.15, 0.2) is 0 Å². The number of piperidine rings is 1. The Balaban J connectivity index is 1.64. The van der Waals surface area contributed by atoms with Crippen molar-refractivity contribution in [3.63, 3.8) is 0 Å². The normalized spacial score (nSPS) is 28.9. The molecule has 22 heavy (non-hydrogen) atoms. The SMILES string of the molecule is COC(=O)c1ccc(CN2CCC[C@@]3(CCC[C@H]3O)C2)cc1. The van der Waals surface area contributed by atoms with Gasteiger partial charge < -0.3 is 9.84 Å². The van der Waals surface area contributed by atoms with Crippen molar-refractivity contribution in [1.82, 2.24) is 4.90 Å². The van der Waals surface area contributed by atoms with E-state index in [1.165, 1.54) is 12.7 Å². The first-order valence-electron chi connectivity index (χ1n) is 8.21. The number of nitrogens with zero attached hydrogens (tertiary/aromatic N) is 1. The van der Waals surface area contributed by atoms with E-state index in [2.05, 4.69) is 4.90 Å². The molecule has 4 nitrogen and oxygen atoms in total. The van der Waals surface area contributed by atoms with Gasteiger partial charge >= 0.3 is 5.97 Å². The van der Waals surface area contributed by atoms with Crippen LogP contribution in [0, 0.1) is 5.41 Å². The van der Waals surface area contributed by atoms with Crippen molar-refractivity contribution in [2.45, 2.75) is 44.8 Å². The van der Waals surface area contributed by atoms with Crippen LogP contribution >= 0.6 is 0 Å². The molecule has 0 radical (unpaired) electrons. The second-order valence-electron chi connectivity index (χ2n) is 6.77. The summed E-state index contributed by atoms with van der Waals surface area (Å²) in [4.78, 5) is 13.9. The minimum absolute atomic E-state index is 0.128. The van der Waals surface area contributed by atoms with Crippen molar-refractivity contribution in [3.05, 3.63) is 35.4 Å². The molecule has 1 N–H and O–H groups in total. The Morgan fingerprint density at radius 1 is 1.32 bits per heavy atom. The molecule has 4 heteroatoms. The van der Waals surface area contributed by atoms with Gasteiger partial charge in [-0.25, -0.2) is 4.79 Å². The number of hydrogen-bond donors (Lipinski definition) is 1. The van der Waals surface area contributed by atoms with E-state index in [1.807, 2.05) is 24.3 Å². The second-order valence-corrected chi connectivity index (χ2v) is 6.77. The van der Waals surface area contributed by atoms with Crippen molar-refractivity contribution in [3.8, 4) is 0 Å². The van der Waals surface area contributed by atoms with E-state index in [4.69, 9.17) is 4.74 Å². The molecule has 1 saturated carbocycles. The maximum Gasteiger partial charge on any atom is 0.337 e. The number of methoxy groups -OCH3 is 1. The number of carbonyl (C=O) groups excluding carboxylic acids is 1. The lowest BCUT2D eigenvalue weighted by Crippen LogP contribution is -2.46. The van der Waals surface area contributed by atoms with Crippen molar-refractivity contribution in [2.24, 2.45) is 5.41 Å². The van der Waals surface area contributed by atoms with Crippen LogP contribution in [0.3, 0.4) is 0 Å². The molecule has 2 atom stereocenters. The van der Waals surface area contributed by atoms with Crippen molar-refractivity contribution in [1.29, 1.82) is 0 Å². The van der Waals surface area contributed by atoms with Gasteiger partial charge in [0.2, 0.25) is 0 Å². The first-order chi connectivity index (χ1) is 10.6. The molecule has 1 aliphatic heterocycles. The molecule has 120 valence electrons. The van der Waals surface area contributed by atoms with Gasteiger partial charge in [-0.1, -0.05) is 18.6 Å². The number of esters is 1. The zero-order chi connectivity index (χ0) is 15.6. The fraction of sp³-hybridized carbons (Fsp3) is 0.611. The van der Waals surface area contributed by atoms with Crippen LogP contribution in [0.25, 0.3) is 0 Å². The van der Waals surface area contributed by atoms with Crippen LogP contribution in [0.5, 0.6) is 0 Å². The van der Waals surface area contributed by atoms with E-state index >= 15 is 0 Å². The highest BCUT2D eigenvalue weighted by Gasteiger charge is 2.44. The van der Waals surface area contributed by atoms with Crippen LogP contribution < -0.4 is 0 Å². The Kier molecular flexibility index (Phi) is 4.50. The van der Waals surface area contributed by atoms with Gasteiger partial charge in [0.25, 0.3) is 0 Å². The second kappa shape index (κ2) is 6.39. The Morgan fingerprint density at radius 3 is 2.68 bits per heavy atom. The molecule has 1 saturated heterocycles. The maximum absolute atomic E-state index is 11.5. The number of benzene rings is 1. The molecule has 1 aliphatic carbocycles. The summed E-state index contributed by atoms with van der Waals surface area (Å²) in [7, 11) is 1.40. The maximum atomic E-state index is 11.5. The van der Waals surface area contributed by atoms with E-state index in [1.54, 1.807) is 0 Å². The zero-order valence-corrected chi connectivity index (χ0v) is 13.3. The summed E-state index contributed by atoms with van der Waals surface area (Å²) < 4.78 is 4.72. The van der Waals surface area contributed by atoms with Crippen molar-refractivity contribution >= 4 is 5.97 Å². The summed E-state index contributed by atoms with van der Waals surface area (Å²) >= 11 is 0. The van der Waals surface area contributed by atoms with E-state index in [-0.39, 0.29) is 17.5 Å². The highest BCUT2D eigenvalue weighted by Crippen LogP contribution is 2.45. The van der Waals surface area contributed by atoms with Crippen molar-refractivity contribution < 1.29 is 14.6 Å². The lowest BCUT2D eigenvalue weighted by Gasteiger charge is -2.42. The molecule has 2 aliphatic rings. The molecule has 1 aromatic carbocycles. The Labute approximate surface area is 132 Å². The number of likely N-dealkylation sites (tertiary alicyclic amines) is 1. The van der Waals surface area contributed by atoms with Crippen molar-refractivity contribution in [2.75, 3.05) is 20.2 Å². The predicted octanol–water partition coefficient (Wildman–Crippen LogP) is 2.60. The van der Waals surface area contributed by atoms with E-state index in [0.29, 0.717) is 5.56 Å². The Morgan fingerprint density at radius 2 is 2.05 bits per heavy atom. The number of hydrogen-bond acceptors (Lipinski definition) is 4. The fourth-order valence-electron chi connectivity index (χ4n) is 4.11. The quantitative estimate of drug-likeness (QED) is 0.872. The van der Waals surface area contributed by atoms with Crippen LogP contribution in [0.15, 0.2) is 24.3 Å². The molecule has 1 aromatic rings. The van der Waals surface area contributed by atoms with Crippen LogP contribution in [0.2, 0.25) is 0 Å². The topological polar surface area (TPSA) is 49.8 Å². The molecule has 0 aromatic heterocycles. The number of ether oxygens (including phenoxy) is 1. The number of aliphatic hydroxyl groups excluding tert-OH is 1. The summed E-state index contributed by atoms with van der Waals surface area (Å²) in [5.74, 6) is -0.294. The highest BCUT2D eigenvalue weighted by atomic mass is 16.5. The molecule has 0 bridgehead atoms. The molecule has 1 heterocycles. The standard InChI is InChI=1S/C18H25NO3/c1-22-17(21)15-7-5-14(6-8-15)12-19-11-3-10-18(13-19)9-2-4-16(18)20/h5-8,16,20H,2-4,9-13H2,1H3/t16-,18+/m1/s1. The molecule has 1 spiro atoms. The summed E-state index contributed by atoms with van der Waals surface area (Å²) in [5.41, 5.74) is 1.93. The van der Waals surface area contributed by atoms with Gasteiger partial charge in [-0.15, -0.1) is 0 Å². The molecule has 0 unspecified atom stereocenters. The van der Waals surface area contributed by atoms with Crippen LogP contribution in [-0.4, -0.2) is 42.3 Å². The summed E-state index contributed by atoms with van der Waals surface area (Å²) in [6.07, 6.45) is 5.47. The highest BCUT2D eigenvalue weighted by molar-refractivity contribution is 5.89. The van der Waals surface area contributed by atoms with Crippen LogP contribution in [0.1, 0.15) is 48.0 Å². The summed E-state index contributed by atoms with van der Waals surface area (Å²) in [5, 5.41) is 10.3. The van der Waals surface area contributed by atoms with Gasteiger partial charge in [0.1, 0.15) is 0 Å². The minimum atomic E-state index is -0.294. The third-order valence-electron chi connectivity index (χ3n) is 5.33. The third-order valence-corrected chi connectivity index (χ3v) is 5.33. The average molecular weight is 303 g/mol. The minimum Gasteiger partial charge on any atom is -0.465 e. The summed E-state index contributed by atoms with van der Waals surface area (Å²) in [6.45, 7) is 2.97. The lowest BCUT2D eigenvalue weighted by molar-refractivity contribution is -0.0120. The molecule has 0 amide bonds. The van der Waals surface area contributed by atoms with Gasteiger partial charge in [-0.05, 0) is 49.9 Å². The van der Waals surface area contributed by atoms with Gasteiger partial charge in [0, 0.05) is 18.5 Å². The lowest BCUT2D eigenvalue weighted by atomic mass is 9.76. The van der Waals surface area contributed by atoms with E-state index in [9.17, 15) is 9.90 Å². The van der Waals surface area contributed by atoms with E-state index in [0.717, 1.165) is 51.7 Å². The monoisotopic (exact) mass is 303 g/mol. The first-order valence-corrected chi connectivity index (χ1v) is 8.21. The fourth-order valence-corrected chi connectivity index (χ4v) is 4.11. The first kappa shape index (κ1) is 15.5. The molecular weight excluding hydrogens is 278 g/mol. The zero-order valence-electron chi connectivity index (χ0n) is 13.3. The average Bonchev–Trinajstić information content (AvgIpc) is 2.87.